The molecule has 3 saturated carbocycles. The van der Waals surface area contributed by atoms with Crippen molar-refractivity contribution in [1.82, 2.24) is 0 Å². The van der Waals surface area contributed by atoms with E-state index >= 15 is 0 Å². The second-order valence-corrected chi connectivity index (χ2v) is 13.2. The first kappa shape index (κ1) is 30.1. The second-order valence-electron chi connectivity index (χ2n) is 13.2. The van der Waals surface area contributed by atoms with Crippen LogP contribution in [0.4, 0.5) is 17.6 Å². The lowest BCUT2D eigenvalue weighted by Gasteiger charge is -2.38. The van der Waals surface area contributed by atoms with Crippen molar-refractivity contribution < 1.29 is 22.3 Å². The van der Waals surface area contributed by atoms with Gasteiger partial charge in [0.25, 0.3) is 0 Å². The van der Waals surface area contributed by atoms with E-state index in [0.29, 0.717) is 24.7 Å². The molecule has 0 aromatic rings. The molecular formula is C33H52F4O. The molecule has 3 aliphatic carbocycles. The predicted octanol–water partition coefficient (Wildman–Crippen LogP) is 10.8. The highest BCUT2D eigenvalue weighted by molar-refractivity contribution is 5.04. The minimum atomic E-state index is -4.57. The van der Waals surface area contributed by atoms with Crippen molar-refractivity contribution in [2.45, 2.75) is 135 Å². The lowest BCUT2D eigenvalue weighted by molar-refractivity contribution is -0.0824. The first-order valence-corrected chi connectivity index (χ1v) is 16.1. The van der Waals surface area contributed by atoms with E-state index in [2.05, 4.69) is 19.1 Å². The molecule has 2 atom stereocenters. The fourth-order valence-corrected chi connectivity index (χ4v) is 8.11. The lowest BCUT2D eigenvalue weighted by Crippen LogP contribution is -2.34. The fourth-order valence-electron chi connectivity index (χ4n) is 8.11. The Morgan fingerprint density at radius 1 is 0.711 bits per heavy atom. The largest absolute Gasteiger partial charge is 0.412 e. The summed E-state index contributed by atoms with van der Waals surface area (Å²) in [6, 6.07) is 0. The van der Waals surface area contributed by atoms with Crippen LogP contribution in [0, 0.1) is 41.4 Å². The predicted molar refractivity (Wildman–Crippen MR) is 147 cm³/mol. The lowest BCUT2D eigenvalue weighted by atomic mass is 9.68. The van der Waals surface area contributed by atoms with E-state index in [1.807, 2.05) is 0 Å². The summed E-state index contributed by atoms with van der Waals surface area (Å²) in [5, 5.41) is 0. The number of allylic oxidation sites excluding steroid dienone is 3. The molecule has 1 saturated heterocycles. The van der Waals surface area contributed by atoms with Crippen LogP contribution in [-0.2, 0) is 4.74 Å². The van der Waals surface area contributed by atoms with Gasteiger partial charge in [-0.05, 0) is 107 Å². The molecule has 4 aliphatic rings. The third kappa shape index (κ3) is 9.37. The molecule has 0 aromatic heterocycles. The van der Waals surface area contributed by atoms with Gasteiger partial charge in [0.2, 0.25) is 0 Å². The van der Waals surface area contributed by atoms with Crippen molar-refractivity contribution >= 4 is 0 Å². The maximum absolute atomic E-state index is 13.9. The average Bonchev–Trinajstić information content (AvgIpc) is 2.92. The van der Waals surface area contributed by atoms with E-state index in [4.69, 9.17) is 4.74 Å². The number of rotatable bonds is 9. The van der Waals surface area contributed by atoms with E-state index < -0.39 is 17.9 Å². The van der Waals surface area contributed by atoms with Crippen molar-refractivity contribution in [3.8, 4) is 0 Å². The maximum atomic E-state index is 13.9. The molecule has 1 aliphatic heterocycles. The molecule has 5 heteroatoms. The molecule has 4 rings (SSSR count). The number of alkyl halides is 3. The van der Waals surface area contributed by atoms with Crippen LogP contribution in [-0.4, -0.2) is 18.9 Å². The molecule has 0 aromatic carbocycles. The van der Waals surface area contributed by atoms with Gasteiger partial charge in [-0.15, -0.1) is 0 Å². The summed E-state index contributed by atoms with van der Waals surface area (Å²) in [5.74, 6) is 2.95. The van der Waals surface area contributed by atoms with Gasteiger partial charge >= 0.3 is 6.18 Å². The van der Waals surface area contributed by atoms with E-state index in [1.165, 1.54) is 77.0 Å². The van der Waals surface area contributed by atoms with Gasteiger partial charge in [0.1, 0.15) is 5.83 Å². The van der Waals surface area contributed by atoms with Gasteiger partial charge in [0.05, 0.1) is 18.8 Å². The molecule has 0 N–H and O–H groups in total. The minimum absolute atomic E-state index is 0.154. The Morgan fingerprint density at radius 3 is 1.87 bits per heavy atom. The maximum Gasteiger partial charge on any atom is 0.412 e. The van der Waals surface area contributed by atoms with E-state index in [1.54, 1.807) is 0 Å². The Bertz CT molecular complexity index is 727. The van der Waals surface area contributed by atoms with E-state index in [-0.39, 0.29) is 12.2 Å². The highest BCUT2D eigenvalue weighted by atomic mass is 19.4. The van der Waals surface area contributed by atoms with Crippen LogP contribution >= 0.6 is 0 Å². The third-order valence-electron chi connectivity index (χ3n) is 10.6. The van der Waals surface area contributed by atoms with Crippen LogP contribution in [0.15, 0.2) is 24.1 Å². The molecule has 218 valence electrons. The highest BCUT2D eigenvalue weighted by Gasteiger charge is 2.35. The molecule has 38 heavy (non-hydrogen) atoms. The van der Waals surface area contributed by atoms with Crippen molar-refractivity contribution in [1.29, 1.82) is 0 Å². The van der Waals surface area contributed by atoms with Gasteiger partial charge in [-0.25, -0.2) is 4.39 Å². The van der Waals surface area contributed by atoms with E-state index in [0.717, 1.165) is 56.0 Å². The molecule has 0 bridgehead atoms. The average molecular weight is 541 g/mol. The van der Waals surface area contributed by atoms with Crippen LogP contribution in [0.3, 0.4) is 0 Å². The van der Waals surface area contributed by atoms with Crippen molar-refractivity contribution in [3.63, 3.8) is 0 Å². The van der Waals surface area contributed by atoms with Gasteiger partial charge in [-0.2, -0.15) is 13.2 Å². The zero-order valence-corrected chi connectivity index (χ0v) is 23.7. The first-order valence-electron chi connectivity index (χ1n) is 16.1. The normalized spacial score (nSPS) is 38.0. The van der Waals surface area contributed by atoms with Gasteiger partial charge < -0.3 is 4.74 Å². The van der Waals surface area contributed by atoms with Crippen molar-refractivity contribution in [2.75, 3.05) is 6.61 Å². The summed E-state index contributed by atoms with van der Waals surface area (Å²) in [7, 11) is 0. The molecule has 0 spiro atoms. The molecule has 2 unspecified atom stereocenters. The minimum Gasteiger partial charge on any atom is -0.377 e. The Morgan fingerprint density at radius 2 is 1.29 bits per heavy atom. The van der Waals surface area contributed by atoms with Crippen LogP contribution < -0.4 is 0 Å². The van der Waals surface area contributed by atoms with Gasteiger partial charge in [0.15, 0.2) is 0 Å². The summed E-state index contributed by atoms with van der Waals surface area (Å²) in [5.41, 5.74) is 0. The summed E-state index contributed by atoms with van der Waals surface area (Å²) < 4.78 is 57.5. The first-order chi connectivity index (χ1) is 18.3. The Kier molecular flexibility index (Phi) is 11.6. The van der Waals surface area contributed by atoms with Crippen LogP contribution in [0.1, 0.15) is 122 Å². The number of halogens is 4. The zero-order chi connectivity index (χ0) is 27.0. The van der Waals surface area contributed by atoms with Crippen molar-refractivity contribution in [2.24, 2.45) is 41.4 Å². The van der Waals surface area contributed by atoms with Crippen LogP contribution in [0.2, 0.25) is 0 Å². The van der Waals surface area contributed by atoms with Crippen LogP contribution in [0.25, 0.3) is 0 Å². The molecule has 4 fully saturated rings. The summed E-state index contributed by atoms with van der Waals surface area (Å²) >= 11 is 0. The number of hydrogen-bond acceptors (Lipinski definition) is 1. The molecule has 1 nitrogen and oxygen atoms in total. The SMILES string of the molecule is CCCCCC1CCC(C2CCC(C=CC3CCC(C4CCC(C(F)=CC(F)(F)F)CC4)OC3)CC2)CC1. The topological polar surface area (TPSA) is 9.23 Å². The number of ether oxygens (including phenoxy) is 1. The van der Waals surface area contributed by atoms with E-state index in [9.17, 15) is 17.6 Å². The quantitative estimate of drug-likeness (QED) is 0.161. The summed E-state index contributed by atoms with van der Waals surface area (Å²) in [4.78, 5) is 0. The fraction of sp³-hybridized carbons (Fsp3) is 0.879. The van der Waals surface area contributed by atoms with Gasteiger partial charge in [0, 0.05) is 11.8 Å². The Balaban J connectivity index is 1.09. The summed E-state index contributed by atoms with van der Waals surface area (Å²) in [6.07, 6.45) is 22.1. The van der Waals surface area contributed by atoms with Gasteiger partial charge in [-0.3, -0.25) is 0 Å². The Hall–Kier alpha value is -0.840. The smallest absolute Gasteiger partial charge is 0.377 e. The number of hydrogen-bond donors (Lipinski definition) is 0. The monoisotopic (exact) mass is 540 g/mol. The molecule has 0 amide bonds. The standard InChI is InChI=1S/C33H52F4O/c1-2-3-4-5-24-8-13-27(14-9-24)28-15-10-25(11-16-28)6-7-26-12-21-32(38-23-26)30-19-17-29(18-20-30)31(34)22-33(35,36)37/h6-7,22,24-30,32H,2-5,8-21,23H2,1H3. The van der Waals surface area contributed by atoms with Crippen molar-refractivity contribution in [3.05, 3.63) is 24.1 Å². The highest BCUT2D eigenvalue weighted by Crippen LogP contribution is 2.43. The molecule has 1 heterocycles. The molecular weight excluding hydrogens is 488 g/mol. The zero-order valence-electron chi connectivity index (χ0n) is 23.7. The van der Waals surface area contributed by atoms with Gasteiger partial charge in [-0.1, -0.05) is 57.6 Å². The molecule has 0 radical (unpaired) electrons. The Labute approximate surface area is 229 Å². The summed E-state index contributed by atoms with van der Waals surface area (Å²) in [6.45, 7) is 3.05. The van der Waals surface area contributed by atoms with Crippen LogP contribution in [0.5, 0.6) is 0 Å². The third-order valence-corrected chi connectivity index (χ3v) is 10.6. The second kappa shape index (κ2) is 14.7. The number of unbranched alkanes of at least 4 members (excludes halogenated alkanes) is 2.